The molecule has 0 amide bonds. The van der Waals surface area contributed by atoms with E-state index >= 15 is 0 Å². The second-order valence-electron chi connectivity index (χ2n) is 29.7. The molecule has 0 bridgehead atoms. The van der Waals surface area contributed by atoms with Crippen molar-refractivity contribution in [2.24, 2.45) is 5.18 Å². The number of carbonyl (C=O) groups excluding carboxylic acids is 2. The van der Waals surface area contributed by atoms with Gasteiger partial charge < -0.3 is 164 Å². The van der Waals surface area contributed by atoms with Crippen molar-refractivity contribution >= 4 is 35.1 Å². The lowest BCUT2D eigenvalue weighted by molar-refractivity contribution is -0.415. The van der Waals surface area contributed by atoms with Crippen LogP contribution < -0.4 is 4.74 Å². The van der Waals surface area contributed by atoms with Crippen molar-refractivity contribution in [3.63, 3.8) is 0 Å². The molecule has 0 aromatic heterocycles. The molecule has 35 atom stereocenters. The molecule has 618 valence electrons. The minimum absolute atomic E-state index is 0.0744. The Morgan fingerprint density at radius 2 is 1.35 bits per heavy atom. The number of aliphatic hydroxyl groups excluding tert-OH is 5. The number of phenolic OH excluding ortho intramolecular Hbond substituents is 3. The standard InChI is InChI=1S/C70H97Cl2NO37/c1-24-15-31(74)16-32(75)40(24)61(82)99-36-22-93-70(60-53(36)91-23-92-60)107-37-21-90-63(46(79)52(37)108-70)105-65-56(88-13)45(78)51(35(100-65)20-85-10)103-64-47(80)55(50(86-11)27(4)96-64)104-66-57(81)68(9)59(30(7)97-66)109-69(110-68)18-33(76)48(28(5)106-69)101-38-17-34(98-39-19-67(8,73-84)58(89-14)29(6)95-39)49(26(3)94-38)102-62(83)41-25(2)42(71)44(77)43(72)54(41)87-12/h15-16,26-30,33-39,45-53,55-60,63-66,74-81H,17-23H2,1-14H3/t26-,27-,28-,29+,30-,33-,34-,35-,36-,37+,38+,39+,45+,46-,47-,48-,49-,50+,51-,52-,53?,55-,56+,57-,58+,59-,60?,63+,64+,65+,66+,67?,68-,69?,70?/m1/s1/i8+2,9+2,10+2,11+2,12+2,14+2,23+2. The van der Waals surface area contributed by atoms with Gasteiger partial charge in [-0.1, -0.05) is 28.4 Å². The Bertz CT molecular complexity index is 3570. The third-order valence-corrected chi connectivity index (χ3v) is 23.1. The van der Waals surface area contributed by atoms with E-state index in [1.807, 2.05) is 0 Å². The van der Waals surface area contributed by atoms with E-state index < -0.39 is 243 Å². The van der Waals surface area contributed by atoms with Gasteiger partial charge in [-0.05, 0) is 79.5 Å². The minimum atomic E-state index is -2.04. The van der Waals surface area contributed by atoms with Gasteiger partial charge in [0.2, 0.25) is 0 Å². The van der Waals surface area contributed by atoms with Crippen molar-refractivity contribution in [2.45, 2.75) is 295 Å². The molecule has 2 spiro atoms. The lowest BCUT2D eigenvalue weighted by Gasteiger charge is -2.50. The molecule has 13 rings (SSSR count). The first-order valence-corrected chi connectivity index (χ1v) is 36.9. The van der Waals surface area contributed by atoms with Gasteiger partial charge in [0, 0.05) is 47.3 Å². The zero-order valence-electron chi connectivity index (χ0n) is 62.6. The van der Waals surface area contributed by atoms with Gasteiger partial charge >= 0.3 is 17.9 Å². The molecule has 5 unspecified atom stereocenters. The highest BCUT2D eigenvalue weighted by molar-refractivity contribution is 6.39. The highest BCUT2D eigenvalue weighted by atomic mass is 35.5. The number of methoxy groups -OCH3 is 5. The summed E-state index contributed by atoms with van der Waals surface area (Å²) in [6, 6.07) is 2.29. The molecule has 0 radical (unpaired) electrons. The topological polar surface area (TPSA) is 465 Å². The fourth-order valence-electron chi connectivity index (χ4n) is 16.9. The minimum Gasteiger partial charge on any atom is -0.508 e. The number of rotatable bonds is 21. The Labute approximate surface area is 641 Å². The first-order valence-electron chi connectivity index (χ1n) is 36.2. The number of phenols is 3. The van der Waals surface area contributed by atoms with Crippen LogP contribution >= 0.6 is 23.2 Å². The normalized spacial score (nSPS) is 46.0. The quantitative estimate of drug-likeness (QED) is 0.0652. The van der Waals surface area contributed by atoms with E-state index in [0.29, 0.717) is 0 Å². The summed E-state index contributed by atoms with van der Waals surface area (Å²) >= 11 is 12.8. The number of carbonyl (C=O) groups is 2. The number of hydrogen-bond acceptors (Lipinski definition) is 38. The summed E-state index contributed by atoms with van der Waals surface area (Å²) in [5.74, 6) is -7.41. The van der Waals surface area contributed by atoms with E-state index in [9.17, 15) is 55.3 Å². The van der Waals surface area contributed by atoms with Crippen LogP contribution in [0.25, 0.3) is 0 Å². The van der Waals surface area contributed by atoms with Crippen molar-refractivity contribution in [3.8, 4) is 23.0 Å². The average Bonchev–Trinajstić information content (AvgIpc) is 1.56. The van der Waals surface area contributed by atoms with Gasteiger partial charge in [-0.2, -0.15) is 4.91 Å². The molecule has 38 nitrogen and oxygen atoms in total. The third-order valence-electron chi connectivity index (χ3n) is 22.3. The maximum absolute atomic E-state index is 14.3. The average molecular weight is 1630 g/mol. The van der Waals surface area contributed by atoms with Crippen molar-refractivity contribution < 1.29 is 174 Å². The Hall–Kier alpha value is -4.36. The van der Waals surface area contributed by atoms with E-state index in [-0.39, 0.29) is 83.3 Å². The second-order valence-corrected chi connectivity index (χ2v) is 30.5. The molecule has 2 aromatic rings. The molecular formula is C70H97Cl2NO37. The van der Waals surface area contributed by atoms with Gasteiger partial charge in [-0.3, -0.25) is 0 Å². The van der Waals surface area contributed by atoms with Gasteiger partial charge in [0.1, 0.15) is 143 Å². The Morgan fingerprint density at radius 3 is 2.04 bits per heavy atom. The van der Waals surface area contributed by atoms with Crippen molar-refractivity contribution in [1.29, 1.82) is 0 Å². The summed E-state index contributed by atoms with van der Waals surface area (Å²) in [7, 11) is 6.66. The maximum atomic E-state index is 14.3. The van der Waals surface area contributed by atoms with Gasteiger partial charge in [0.15, 0.2) is 67.6 Å². The van der Waals surface area contributed by atoms with Gasteiger partial charge in [0.25, 0.3) is 5.97 Å². The lowest BCUT2D eigenvalue weighted by atomic mass is 9.93. The fourth-order valence-corrected chi connectivity index (χ4v) is 17.4. The predicted molar refractivity (Wildman–Crippen MR) is 362 cm³/mol. The lowest BCUT2D eigenvalue weighted by Crippen LogP contribution is -2.68. The summed E-state index contributed by atoms with van der Waals surface area (Å²) in [5, 5.41) is 94.9. The van der Waals surface area contributed by atoms with Crippen LogP contribution in [0.3, 0.4) is 0 Å². The first-order chi connectivity index (χ1) is 52.2. The maximum Gasteiger partial charge on any atom is 0.342 e. The molecule has 8 N–H and O–H groups in total. The zero-order chi connectivity index (χ0) is 79.3. The summed E-state index contributed by atoms with van der Waals surface area (Å²) < 4.78 is 160. The Kier molecular flexibility index (Phi) is 25.1. The Morgan fingerprint density at radius 1 is 0.645 bits per heavy atom. The largest absolute Gasteiger partial charge is 0.508 e. The van der Waals surface area contributed by atoms with Crippen molar-refractivity contribution in [3.05, 3.63) is 49.3 Å². The summed E-state index contributed by atoms with van der Waals surface area (Å²) in [4.78, 5) is 40.0. The molecule has 11 aliphatic heterocycles. The van der Waals surface area contributed by atoms with Crippen LogP contribution in [0.4, 0.5) is 0 Å². The number of benzene rings is 2. The third kappa shape index (κ3) is 15.4. The molecule has 0 aliphatic carbocycles. The van der Waals surface area contributed by atoms with Crippen LogP contribution in [0.5, 0.6) is 23.0 Å². The molecule has 2 aromatic carbocycles. The predicted octanol–water partition coefficient (Wildman–Crippen LogP) is 1.75. The number of nitrogens with zero attached hydrogens (tertiary/aromatic N) is 1. The summed E-state index contributed by atoms with van der Waals surface area (Å²) in [6.07, 6.45) is -39.4. The highest BCUT2D eigenvalue weighted by Gasteiger charge is 2.70. The number of nitroso groups, excluding NO2 is 1. The number of fused-ring (bicyclic) bond motifs is 4. The van der Waals surface area contributed by atoms with Crippen molar-refractivity contribution in [2.75, 3.05) is 62.2 Å². The second kappa shape index (κ2) is 33.0. The van der Waals surface area contributed by atoms with E-state index in [4.69, 9.17) is 146 Å². The van der Waals surface area contributed by atoms with E-state index in [2.05, 4.69) is 5.18 Å². The van der Waals surface area contributed by atoms with Crippen LogP contribution in [0, 0.1) is 18.8 Å². The number of aliphatic hydroxyl groups is 5. The van der Waals surface area contributed by atoms with Crippen molar-refractivity contribution in [1.82, 2.24) is 0 Å². The smallest absolute Gasteiger partial charge is 0.342 e. The van der Waals surface area contributed by atoms with E-state index in [1.165, 1.54) is 55.5 Å². The number of aryl methyl sites for hydroxylation is 1. The highest BCUT2D eigenvalue weighted by Crippen LogP contribution is 2.53. The van der Waals surface area contributed by atoms with Crippen LogP contribution in [-0.2, 0) is 118 Å². The molecular weight excluding hydrogens is 1530 g/mol. The monoisotopic (exact) mass is 1630 g/mol. The van der Waals surface area contributed by atoms with E-state index in [0.717, 1.165) is 6.07 Å². The Balaban J connectivity index is 0.642. The van der Waals surface area contributed by atoms with Gasteiger partial charge in [-0.25, -0.2) is 9.59 Å². The summed E-state index contributed by atoms with van der Waals surface area (Å²) in [6.45, 7) is 13.1. The van der Waals surface area contributed by atoms with E-state index in [1.54, 1.807) is 48.5 Å². The molecule has 0 saturated carbocycles. The molecule has 110 heavy (non-hydrogen) atoms. The fraction of sp³-hybridized carbons (Fsp3) is 0.800. The number of hydrogen-bond donors (Lipinski definition) is 8. The van der Waals surface area contributed by atoms with Gasteiger partial charge in [-0.15, -0.1) is 0 Å². The van der Waals surface area contributed by atoms with Crippen LogP contribution in [-0.4, -0.2) is 328 Å². The first kappa shape index (κ1) is 83.6. The van der Waals surface area contributed by atoms with Crippen LogP contribution in [0.15, 0.2) is 17.3 Å². The molecule has 11 aliphatic rings. The molecule has 40 heteroatoms. The van der Waals surface area contributed by atoms with Gasteiger partial charge in [0.05, 0.1) is 75.0 Å². The summed E-state index contributed by atoms with van der Waals surface area (Å²) in [5.41, 5.74) is -3.07. The zero-order valence-corrected chi connectivity index (χ0v) is 64.1. The number of esters is 2. The number of ether oxygens (including phenoxy) is 26. The van der Waals surface area contributed by atoms with Crippen LogP contribution in [0.2, 0.25) is 10.0 Å². The SMILES string of the molecule is CO[C@@H]1[C@H](O[C@@H]2OC[C@@H]3OC4(OC[C@@H](OC(=O)c5c(C)cc(O)cc5O)C5O[14CH2]OC54)O[C@H]3[C@H]2O)O[C@H](CO[14CH3])[C@@H](O[C@@H]2O[C@H](C)[C@H](O[14CH3])[C@H](O[C@@H]3O[C@H](C)[C@H]4OC5(C[C@@H](O)[C@H](O[C@H]6C[C@@H](O[C@H]7CC([14CH3])(N=O)[C@@H](O[14CH3])[C@H](C)O7)[C@H](OC(=O)c7c(C)c(Cl)c(O)c(Cl)c7O[14CH3])[C@@H](C)O6)[C@@H](C)O5)O[C@]4([14CH3])[C@@H]3O)[C@H]2O)[C@@H]1O. The molecule has 11 heterocycles. The molecule has 11 saturated heterocycles. The number of aromatic hydroxyl groups is 3. The number of halogens is 2. The van der Waals surface area contributed by atoms with Crippen LogP contribution in [0.1, 0.15) is 99.6 Å². The molecule has 11 fully saturated rings.